The van der Waals surface area contributed by atoms with E-state index in [0.717, 1.165) is 24.4 Å². The molecule has 1 amide bonds. The van der Waals surface area contributed by atoms with Gasteiger partial charge < -0.3 is 15.4 Å². The number of aryl methyl sites for hydroxylation is 2. The van der Waals surface area contributed by atoms with Gasteiger partial charge in [-0.15, -0.1) is 12.4 Å². The smallest absolute Gasteiger partial charge is 0.239 e. The van der Waals surface area contributed by atoms with Crippen molar-refractivity contribution in [3.63, 3.8) is 0 Å². The van der Waals surface area contributed by atoms with Gasteiger partial charge in [0, 0.05) is 25.3 Å². The van der Waals surface area contributed by atoms with Gasteiger partial charge in [0.15, 0.2) is 0 Å². The van der Waals surface area contributed by atoms with Gasteiger partial charge in [-0.1, -0.05) is 0 Å². The highest BCUT2D eigenvalue weighted by Crippen LogP contribution is 2.14. The number of amides is 1. The first-order chi connectivity index (χ1) is 9.49. The minimum absolute atomic E-state index is 0. The molecule has 21 heavy (non-hydrogen) atoms. The zero-order valence-corrected chi connectivity index (χ0v) is 13.9. The molecule has 1 aromatic rings. The number of morpholine rings is 1. The summed E-state index contributed by atoms with van der Waals surface area (Å²) in [5, 5.41) is 10.6. The van der Waals surface area contributed by atoms with E-state index < -0.39 is 0 Å². The number of carbonyl (C=O) groups excluding carboxylic acids is 1. The standard InChI is InChI=1S/C14H24N4O2.ClH/c1-9(7-12-10(2)17-18(4)11(12)3)16-14(19)13-8-20-6-5-15-13;/h9,13,15H,5-8H2,1-4H3,(H,16,19);1H. The lowest BCUT2D eigenvalue weighted by atomic mass is 10.0. The molecule has 2 N–H and O–H groups in total. The first kappa shape index (κ1) is 17.9. The predicted molar refractivity (Wildman–Crippen MR) is 83.8 cm³/mol. The molecule has 1 aliphatic rings. The molecule has 1 fully saturated rings. The second-order valence-electron chi connectivity index (χ2n) is 5.47. The van der Waals surface area contributed by atoms with E-state index in [0.29, 0.717) is 13.2 Å². The number of nitrogens with one attached hydrogen (secondary N) is 2. The van der Waals surface area contributed by atoms with Crippen molar-refractivity contribution >= 4 is 18.3 Å². The second-order valence-corrected chi connectivity index (χ2v) is 5.47. The molecule has 2 atom stereocenters. The Balaban J connectivity index is 0.00000220. The molecule has 2 rings (SSSR count). The molecule has 1 saturated heterocycles. The maximum Gasteiger partial charge on any atom is 0.239 e. The van der Waals surface area contributed by atoms with E-state index in [4.69, 9.17) is 4.74 Å². The molecular weight excluding hydrogens is 292 g/mol. The van der Waals surface area contributed by atoms with Crippen LogP contribution in [0.5, 0.6) is 0 Å². The van der Waals surface area contributed by atoms with Crippen LogP contribution in [0.25, 0.3) is 0 Å². The van der Waals surface area contributed by atoms with E-state index in [1.54, 1.807) is 0 Å². The molecule has 1 aromatic heterocycles. The van der Waals surface area contributed by atoms with E-state index in [1.165, 1.54) is 5.56 Å². The fourth-order valence-corrected chi connectivity index (χ4v) is 2.55. The van der Waals surface area contributed by atoms with Gasteiger partial charge in [0.05, 0.1) is 18.9 Å². The number of hydrogen-bond donors (Lipinski definition) is 2. The van der Waals surface area contributed by atoms with Crippen LogP contribution < -0.4 is 10.6 Å². The number of carbonyl (C=O) groups is 1. The fourth-order valence-electron chi connectivity index (χ4n) is 2.55. The summed E-state index contributed by atoms with van der Waals surface area (Å²) in [6.45, 7) is 7.94. The van der Waals surface area contributed by atoms with Crippen molar-refractivity contribution in [3.05, 3.63) is 17.0 Å². The maximum atomic E-state index is 12.1. The summed E-state index contributed by atoms with van der Waals surface area (Å²) in [6, 6.07) is -0.157. The van der Waals surface area contributed by atoms with Crippen molar-refractivity contribution < 1.29 is 9.53 Å². The third-order valence-corrected chi connectivity index (χ3v) is 3.80. The SMILES string of the molecule is Cc1nn(C)c(C)c1CC(C)NC(=O)C1COCCN1.Cl. The van der Waals surface area contributed by atoms with Gasteiger partial charge in [-0.25, -0.2) is 0 Å². The average molecular weight is 317 g/mol. The summed E-state index contributed by atoms with van der Waals surface area (Å²) in [5.74, 6) is 0.0106. The lowest BCUT2D eigenvalue weighted by Gasteiger charge is -2.24. The number of rotatable bonds is 4. The normalized spacial score (nSPS) is 19.7. The van der Waals surface area contributed by atoms with Crippen LogP contribution in [0.1, 0.15) is 23.9 Å². The molecule has 7 heteroatoms. The molecule has 0 aromatic carbocycles. The summed E-state index contributed by atoms with van der Waals surface area (Å²) >= 11 is 0. The van der Waals surface area contributed by atoms with Crippen molar-refractivity contribution in [3.8, 4) is 0 Å². The maximum absolute atomic E-state index is 12.1. The zero-order chi connectivity index (χ0) is 14.7. The van der Waals surface area contributed by atoms with Gasteiger partial charge in [-0.3, -0.25) is 9.48 Å². The Morgan fingerprint density at radius 3 is 2.81 bits per heavy atom. The Labute approximate surface area is 132 Å². The summed E-state index contributed by atoms with van der Waals surface area (Å²) in [4.78, 5) is 12.1. The van der Waals surface area contributed by atoms with Crippen LogP contribution >= 0.6 is 12.4 Å². The Hall–Kier alpha value is -1.11. The summed E-state index contributed by atoms with van der Waals surface area (Å²) in [6.07, 6.45) is 0.796. The summed E-state index contributed by atoms with van der Waals surface area (Å²) in [7, 11) is 1.94. The van der Waals surface area contributed by atoms with E-state index >= 15 is 0 Å². The molecule has 0 saturated carbocycles. The van der Waals surface area contributed by atoms with Crippen molar-refractivity contribution in [2.75, 3.05) is 19.8 Å². The van der Waals surface area contributed by atoms with Crippen LogP contribution in [0.2, 0.25) is 0 Å². The van der Waals surface area contributed by atoms with Crippen LogP contribution in [0.15, 0.2) is 0 Å². The summed E-state index contributed by atoms with van der Waals surface area (Å²) < 4.78 is 7.19. The van der Waals surface area contributed by atoms with Gasteiger partial charge in [0.25, 0.3) is 0 Å². The second kappa shape index (κ2) is 7.77. The molecule has 1 aliphatic heterocycles. The molecule has 0 radical (unpaired) electrons. The van der Waals surface area contributed by atoms with Crippen LogP contribution in [-0.4, -0.2) is 47.5 Å². The van der Waals surface area contributed by atoms with E-state index in [2.05, 4.69) is 22.7 Å². The first-order valence-corrected chi connectivity index (χ1v) is 7.09. The van der Waals surface area contributed by atoms with Crippen LogP contribution in [-0.2, 0) is 23.0 Å². The van der Waals surface area contributed by atoms with Gasteiger partial charge in [-0.05, 0) is 32.8 Å². The van der Waals surface area contributed by atoms with Gasteiger partial charge in [0.2, 0.25) is 5.91 Å². The average Bonchev–Trinajstić information content (AvgIpc) is 2.66. The predicted octanol–water partition coefficient (Wildman–Crippen LogP) is 0.494. The van der Waals surface area contributed by atoms with Crippen molar-refractivity contribution in [2.24, 2.45) is 7.05 Å². The van der Waals surface area contributed by atoms with Gasteiger partial charge in [0.1, 0.15) is 6.04 Å². The fraction of sp³-hybridized carbons (Fsp3) is 0.714. The molecule has 0 bridgehead atoms. The lowest BCUT2D eigenvalue weighted by Crippen LogP contribution is -2.53. The molecule has 120 valence electrons. The molecule has 0 aliphatic carbocycles. The third-order valence-electron chi connectivity index (χ3n) is 3.80. The van der Waals surface area contributed by atoms with Gasteiger partial charge >= 0.3 is 0 Å². The Morgan fingerprint density at radius 2 is 2.29 bits per heavy atom. The quantitative estimate of drug-likeness (QED) is 0.848. The van der Waals surface area contributed by atoms with Crippen molar-refractivity contribution in [2.45, 2.75) is 39.3 Å². The zero-order valence-electron chi connectivity index (χ0n) is 13.1. The number of nitrogens with zero attached hydrogens (tertiary/aromatic N) is 2. The highest BCUT2D eigenvalue weighted by molar-refractivity contribution is 5.85. The van der Waals surface area contributed by atoms with Crippen LogP contribution in [0.4, 0.5) is 0 Å². The van der Waals surface area contributed by atoms with Gasteiger partial charge in [-0.2, -0.15) is 5.10 Å². The third kappa shape index (κ3) is 4.43. The first-order valence-electron chi connectivity index (χ1n) is 7.09. The lowest BCUT2D eigenvalue weighted by molar-refractivity contribution is -0.126. The minimum Gasteiger partial charge on any atom is -0.378 e. The number of ether oxygens (including phenoxy) is 1. The molecule has 0 spiro atoms. The van der Waals surface area contributed by atoms with Crippen molar-refractivity contribution in [1.29, 1.82) is 0 Å². The van der Waals surface area contributed by atoms with E-state index in [-0.39, 0.29) is 30.4 Å². The summed E-state index contributed by atoms with van der Waals surface area (Å²) in [5.41, 5.74) is 3.40. The van der Waals surface area contributed by atoms with E-state index in [1.807, 2.05) is 25.6 Å². The number of aromatic nitrogens is 2. The molecular formula is C14H25ClN4O2. The molecule has 2 heterocycles. The Morgan fingerprint density at radius 1 is 1.57 bits per heavy atom. The minimum atomic E-state index is -0.234. The highest BCUT2D eigenvalue weighted by atomic mass is 35.5. The highest BCUT2D eigenvalue weighted by Gasteiger charge is 2.23. The largest absolute Gasteiger partial charge is 0.378 e. The van der Waals surface area contributed by atoms with Crippen LogP contribution in [0.3, 0.4) is 0 Å². The Kier molecular flexibility index (Phi) is 6.64. The monoisotopic (exact) mass is 316 g/mol. The topological polar surface area (TPSA) is 68.2 Å². The molecule has 2 unspecified atom stereocenters. The number of hydrogen-bond acceptors (Lipinski definition) is 4. The number of halogens is 1. The van der Waals surface area contributed by atoms with Crippen LogP contribution in [0, 0.1) is 13.8 Å². The van der Waals surface area contributed by atoms with Crippen molar-refractivity contribution in [1.82, 2.24) is 20.4 Å². The van der Waals surface area contributed by atoms with E-state index in [9.17, 15) is 4.79 Å². The Bertz CT molecular complexity index is 484. The molecule has 6 nitrogen and oxygen atoms in total.